The molecule has 0 saturated heterocycles. The van der Waals surface area contributed by atoms with Crippen molar-refractivity contribution in [3.63, 3.8) is 0 Å². The van der Waals surface area contributed by atoms with Crippen LogP contribution in [0.1, 0.15) is 26.5 Å². The number of anilines is 2. The maximum absolute atomic E-state index is 8.00. The lowest BCUT2D eigenvalue weighted by Gasteiger charge is -2.22. The van der Waals surface area contributed by atoms with E-state index >= 15 is 0 Å². The molecule has 6 heteroatoms. The van der Waals surface area contributed by atoms with Crippen molar-refractivity contribution in [1.82, 2.24) is 15.0 Å². The second-order valence-electron chi connectivity index (χ2n) is 9.63. The highest BCUT2D eigenvalue weighted by Crippen LogP contribution is 2.38. The van der Waals surface area contributed by atoms with Crippen LogP contribution < -0.4 is 10.6 Å². The molecule has 0 aliphatic carbocycles. The van der Waals surface area contributed by atoms with E-state index in [2.05, 4.69) is 89.9 Å². The van der Waals surface area contributed by atoms with E-state index in [9.17, 15) is 0 Å². The van der Waals surface area contributed by atoms with Crippen LogP contribution in [-0.4, -0.2) is 27.3 Å². The molecule has 0 aliphatic rings. The fourth-order valence-corrected chi connectivity index (χ4v) is 4.28. The van der Waals surface area contributed by atoms with Crippen LogP contribution in [-0.2, 0) is 11.3 Å². The summed E-state index contributed by atoms with van der Waals surface area (Å²) in [4.78, 5) is 21.9. The topological polar surface area (TPSA) is 79.8 Å². The normalized spacial score (nSPS) is 10.9. The van der Waals surface area contributed by atoms with Gasteiger partial charge in [-0.05, 0) is 55.5 Å². The molecular weight excluding hydrogens is 458 g/mol. The standard InChI is InChI=1S/C30H29N5.CH2O/c1-30(2,3)35-24-16-22(17-31-18-24)27-20-34-29(33-19-23-12-7-8-15-32-23)28-25(13-9-14-26(27)28)21-10-5-4-6-11-21;1-2/h4-18,20,35H,19H2,1-3H3,(H,33,34);1H2. The van der Waals surface area contributed by atoms with Crippen LogP contribution in [0.2, 0.25) is 0 Å². The number of pyridine rings is 3. The molecule has 0 radical (unpaired) electrons. The highest BCUT2D eigenvalue weighted by atomic mass is 16.1. The van der Waals surface area contributed by atoms with Gasteiger partial charge in [0.15, 0.2) is 0 Å². The third-order valence-corrected chi connectivity index (χ3v) is 5.73. The van der Waals surface area contributed by atoms with Crippen LogP contribution in [0.15, 0.2) is 97.6 Å². The van der Waals surface area contributed by atoms with Crippen molar-refractivity contribution >= 4 is 29.1 Å². The van der Waals surface area contributed by atoms with Gasteiger partial charge < -0.3 is 15.4 Å². The van der Waals surface area contributed by atoms with Crippen LogP contribution in [0.5, 0.6) is 0 Å². The van der Waals surface area contributed by atoms with E-state index in [1.165, 1.54) is 0 Å². The lowest BCUT2D eigenvalue weighted by Crippen LogP contribution is -2.26. The zero-order valence-electron chi connectivity index (χ0n) is 21.4. The van der Waals surface area contributed by atoms with E-state index in [1.807, 2.05) is 55.8 Å². The SMILES string of the molecule is C=O.CC(C)(C)Nc1cncc(-c2cnc(NCc3ccccn3)c3c(-c4ccccc4)cccc23)c1. The molecule has 0 atom stereocenters. The van der Waals surface area contributed by atoms with Crippen molar-refractivity contribution in [1.29, 1.82) is 0 Å². The van der Waals surface area contributed by atoms with Gasteiger partial charge in [0.25, 0.3) is 0 Å². The van der Waals surface area contributed by atoms with Gasteiger partial charge in [0.2, 0.25) is 0 Å². The van der Waals surface area contributed by atoms with Crippen molar-refractivity contribution in [2.45, 2.75) is 32.9 Å². The predicted molar refractivity (Wildman–Crippen MR) is 152 cm³/mol. The Hall–Kier alpha value is -4.58. The number of carbonyl (C=O) groups excluding carboxylic acids is 1. The first-order valence-electron chi connectivity index (χ1n) is 12.1. The van der Waals surface area contributed by atoms with Gasteiger partial charge in [-0.15, -0.1) is 0 Å². The van der Waals surface area contributed by atoms with E-state index < -0.39 is 0 Å². The summed E-state index contributed by atoms with van der Waals surface area (Å²) in [6.07, 6.45) is 7.52. The first kappa shape index (κ1) is 25.5. The molecule has 2 aromatic carbocycles. The molecule has 5 rings (SSSR count). The highest BCUT2D eigenvalue weighted by molar-refractivity contribution is 6.09. The predicted octanol–water partition coefficient (Wildman–Crippen LogP) is 7.00. The fraction of sp³-hybridized carbons (Fsp3) is 0.161. The number of carbonyl (C=O) groups is 1. The molecule has 5 aromatic rings. The van der Waals surface area contributed by atoms with Crippen LogP contribution >= 0.6 is 0 Å². The molecule has 3 aromatic heterocycles. The molecule has 0 saturated carbocycles. The summed E-state index contributed by atoms with van der Waals surface area (Å²) >= 11 is 0. The summed E-state index contributed by atoms with van der Waals surface area (Å²) in [5.41, 5.74) is 6.26. The third kappa shape index (κ3) is 6.16. The Morgan fingerprint density at radius 1 is 0.784 bits per heavy atom. The summed E-state index contributed by atoms with van der Waals surface area (Å²) in [5.74, 6) is 0.839. The summed E-state index contributed by atoms with van der Waals surface area (Å²) < 4.78 is 0. The fourth-order valence-electron chi connectivity index (χ4n) is 4.28. The van der Waals surface area contributed by atoms with Crippen LogP contribution in [0.3, 0.4) is 0 Å². The average molecular weight is 490 g/mol. The minimum Gasteiger partial charge on any atom is -0.379 e. The Morgan fingerprint density at radius 2 is 1.57 bits per heavy atom. The molecule has 186 valence electrons. The number of benzene rings is 2. The van der Waals surface area contributed by atoms with Gasteiger partial charge in [0, 0.05) is 46.8 Å². The number of hydrogen-bond donors (Lipinski definition) is 2. The lowest BCUT2D eigenvalue weighted by molar-refractivity contribution is -0.0979. The minimum atomic E-state index is -0.0552. The monoisotopic (exact) mass is 489 g/mol. The summed E-state index contributed by atoms with van der Waals surface area (Å²) in [5, 5.41) is 9.27. The molecule has 0 unspecified atom stereocenters. The zero-order valence-corrected chi connectivity index (χ0v) is 21.4. The Bertz CT molecular complexity index is 1460. The van der Waals surface area contributed by atoms with E-state index in [0.717, 1.165) is 50.2 Å². The molecule has 2 N–H and O–H groups in total. The summed E-state index contributed by atoms with van der Waals surface area (Å²) in [6, 6.07) is 25.0. The van der Waals surface area contributed by atoms with Crippen molar-refractivity contribution in [3.8, 4) is 22.3 Å². The van der Waals surface area contributed by atoms with Gasteiger partial charge in [-0.25, -0.2) is 4.98 Å². The number of nitrogens with one attached hydrogen (secondary N) is 2. The summed E-state index contributed by atoms with van der Waals surface area (Å²) in [6.45, 7) is 9.03. The number of hydrogen-bond acceptors (Lipinski definition) is 6. The number of nitrogens with zero attached hydrogens (tertiary/aromatic N) is 3. The number of aromatic nitrogens is 3. The van der Waals surface area contributed by atoms with E-state index in [4.69, 9.17) is 9.78 Å². The molecule has 3 heterocycles. The molecule has 6 nitrogen and oxygen atoms in total. The second kappa shape index (κ2) is 11.4. The maximum Gasteiger partial charge on any atom is 0.134 e. The van der Waals surface area contributed by atoms with Gasteiger partial charge in [0.05, 0.1) is 17.9 Å². The molecule has 0 fully saturated rings. The van der Waals surface area contributed by atoms with Gasteiger partial charge >= 0.3 is 0 Å². The molecule has 0 bridgehead atoms. The van der Waals surface area contributed by atoms with Crippen molar-refractivity contribution in [3.05, 3.63) is 103 Å². The lowest BCUT2D eigenvalue weighted by atomic mass is 9.94. The Labute approximate surface area is 217 Å². The molecule has 0 aliphatic heterocycles. The highest BCUT2D eigenvalue weighted by Gasteiger charge is 2.16. The molecule has 37 heavy (non-hydrogen) atoms. The van der Waals surface area contributed by atoms with E-state index in [0.29, 0.717) is 6.54 Å². The number of rotatable bonds is 6. The molecule has 0 spiro atoms. The second-order valence-corrected chi connectivity index (χ2v) is 9.63. The average Bonchev–Trinajstić information content (AvgIpc) is 2.93. The van der Waals surface area contributed by atoms with Crippen LogP contribution in [0, 0.1) is 0 Å². The van der Waals surface area contributed by atoms with Gasteiger partial charge in [-0.3, -0.25) is 9.97 Å². The van der Waals surface area contributed by atoms with Gasteiger partial charge in [0.1, 0.15) is 12.6 Å². The largest absolute Gasteiger partial charge is 0.379 e. The van der Waals surface area contributed by atoms with Crippen LogP contribution in [0.25, 0.3) is 33.0 Å². The van der Waals surface area contributed by atoms with Crippen molar-refractivity contribution in [2.24, 2.45) is 0 Å². The Kier molecular flexibility index (Phi) is 7.89. The van der Waals surface area contributed by atoms with Gasteiger partial charge in [-0.2, -0.15) is 0 Å². The maximum atomic E-state index is 8.00. The number of fused-ring (bicyclic) bond motifs is 1. The minimum absolute atomic E-state index is 0.0552. The first-order valence-corrected chi connectivity index (χ1v) is 12.1. The zero-order chi connectivity index (χ0) is 26.3. The van der Waals surface area contributed by atoms with E-state index in [1.54, 1.807) is 0 Å². The van der Waals surface area contributed by atoms with Gasteiger partial charge in [-0.1, -0.05) is 54.6 Å². The first-order chi connectivity index (χ1) is 18.0. The van der Waals surface area contributed by atoms with Crippen LogP contribution in [0.4, 0.5) is 11.5 Å². The quantitative estimate of drug-likeness (QED) is 0.267. The smallest absolute Gasteiger partial charge is 0.134 e. The summed E-state index contributed by atoms with van der Waals surface area (Å²) in [7, 11) is 0. The van der Waals surface area contributed by atoms with Crippen molar-refractivity contribution < 1.29 is 4.79 Å². The Morgan fingerprint density at radius 3 is 2.30 bits per heavy atom. The molecular formula is C31H31N5O. The van der Waals surface area contributed by atoms with Crippen molar-refractivity contribution in [2.75, 3.05) is 10.6 Å². The Balaban J connectivity index is 0.00000156. The molecule has 0 amide bonds. The third-order valence-electron chi connectivity index (χ3n) is 5.73. The van der Waals surface area contributed by atoms with E-state index in [-0.39, 0.29) is 5.54 Å².